The lowest BCUT2D eigenvalue weighted by Gasteiger charge is -2.08. The van der Waals surface area contributed by atoms with Gasteiger partial charge in [-0.05, 0) is 30.3 Å². The number of halogens is 3. The van der Waals surface area contributed by atoms with Crippen molar-refractivity contribution in [2.45, 2.75) is 6.18 Å². The van der Waals surface area contributed by atoms with Crippen LogP contribution < -0.4 is 4.74 Å². The molecule has 5 nitrogen and oxygen atoms in total. The Kier molecular flexibility index (Phi) is 3.50. The molecule has 3 rings (SSSR count). The van der Waals surface area contributed by atoms with E-state index in [0.717, 1.165) is 18.0 Å². The van der Waals surface area contributed by atoms with Gasteiger partial charge in [-0.3, -0.25) is 0 Å². The van der Waals surface area contributed by atoms with Crippen molar-refractivity contribution in [1.29, 1.82) is 0 Å². The molecule has 0 aliphatic rings. The van der Waals surface area contributed by atoms with E-state index in [1.54, 1.807) is 47.6 Å². The molecule has 0 aliphatic carbocycles. The Morgan fingerprint density at radius 1 is 1.00 bits per heavy atom. The highest BCUT2D eigenvalue weighted by molar-refractivity contribution is 5.38. The molecule has 22 heavy (non-hydrogen) atoms. The van der Waals surface area contributed by atoms with E-state index in [1.807, 2.05) is 0 Å². The van der Waals surface area contributed by atoms with Crippen LogP contribution >= 0.6 is 0 Å². The highest BCUT2D eigenvalue weighted by Crippen LogP contribution is 2.29. The minimum Gasteiger partial charge on any atom is -0.424 e. The molecule has 0 spiro atoms. The van der Waals surface area contributed by atoms with E-state index in [9.17, 15) is 13.2 Å². The third kappa shape index (κ3) is 3.05. The monoisotopic (exact) mass is 306 g/mol. The van der Waals surface area contributed by atoms with Gasteiger partial charge in [-0.2, -0.15) is 18.2 Å². The number of alkyl halides is 3. The molecule has 1 aromatic carbocycles. The first-order chi connectivity index (χ1) is 10.5. The zero-order chi connectivity index (χ0) is 15.6. The van der Waals surface area contributed by atoms with Gasteiger partial charge >= 0.3 is 12.2 Å². The van der Waals surface area contributed by atoms with E-state index in [4.69, 9.17) is 4.74 Å². The van der Waals surface area contributed by atoms with Crippen molar-refractivity contribution in [1.82, 2.24) is 19.5 Å². The molecule has 112 valence electrons. The summed E-state index contributed by atoms with van der Waals surface area (Å²) in [7, 11) is 0. The minimum atomic E-state index is -4.54. The number of hydrogen-bond donors (Lipinski definition) is 0. The lowest BCUT2D eigenvalue weighted by atomic mass is 10.3. The standard InChI is InChI=1S/C14H9F3N4O/c15-14(16,17)12-5-6-19-13(20-12)22-11-3-1-10(2-4-11)21-8-7-18-9-21/h1-9H. The summed E-state index contributed by atoms with van der Waals surface area (Å²) in [5.74, 6) is 0.336. The highest BCUT2D eigenvalue weighted by Gasteiger charge is 2.33. The van der Waals surface area contributed by atoms with E-state index in [2.05, 4.69) is 15.0 Å². The summed E-state index contributed by atoms with van der Waals surface area (Å²) < 4.78 is 44.7. The van der Waals surface area contributed by atoms with Crippen molar-refractivity contribution in [3.05, 3.63) is 60.9 Å². The number of aromatic nitrogens is 4. The van der Waals surface area contributed by atoms with Crippen LogP contribution in [0.5, 0.6) is 11.8 Å². The second kappa shape index (κ2) is 5.47. The predicted molar refractivity (Wildman–Crippen MR) is 70.7 cm³/mol. The van der Waals surface area contributed by atoms with Crippen LogP contribution in [0.4, 0.5) is 13.2 Å². The molecule has 2 aromatic heterocycles. The zero-order valence-corrected chi connectivity index (χ0v) is 11.0. The maximum absolute atomic E-state index is 12.6. The van der Waals surface area contributed by atoms with E-state index in [0.29, 0.717) is 5.75 Å². The Morgan fingerprint density at radius 3 is 2.41 bits per heavy atom. The summed E-state index contributed by atoms with van der Waals surface area (Å²) in [6.45, 7) is 0. The van der Waals surface area contributed by atoms with Crippen LogP contribution in [-0.4, -0.2) is 19.5 Å². The molecule has 2 heterocycles. The van der Waals surface area contributed by atoms with Gasteiger partial charge in [0.25, 0.3) is 0 Å². The highest BCUT2D eigenvalue weighted by atomic mass is 19.4. The largest absolute Gasteiger partial charge is 0.433 e. The first-order valence-corrected chi connectivity index (χ1v) is 6.19. The van der Waals surface area contributed by atoms with Gasteiger partial charge in [0.05, 0.1) is 6.33 Å². The molecule has 0 fully saturated rings. The summed E-state index contributed by atoms with van der Waals surface area (Å²) in [5.41, 5.74) is -0.206. The molecule has 0 unspecified atom stereocenters. The minimum absolute atomic E-state index is 0.336. The first kappa shape index (κ1) is 14.1. The third-order valence-electron chi connectivity index (χ3n) is 2.77. The molecule has 0 atom stereocenters. The summed E-state index contributed by atoms with van der Waals surface area (Å²) in [5, 5.41) is 0. The molecule has 0 amide bonds. The number of ether oxygens (including phenoxy) is 1. The average Bonchev–Trinajstić information content (AvgIpc) is 3.02. The molecule has 0 N–H and O–H groups in total. The Hall–Kier alpha value is -2.90. The third-order valence-corrected chi connectivity index (χ3v) is 2.77. The summed E-state index contributed by atoms with van der Waals surface area (Å²) in [6.07, 6.45) is 1.51. The average molecular weight is 306 g/mol. The molecule has 8 heteroatoms. The number of imidazole rings is 1. The lowest BCUT2D eigenvalue weighted by Crippen LogP contribution is -2.08. The molecule has 0 saturated carbocycles. The second-order valence-electron chi connectivity index (χ2n) is 4.29. The first-order valence-electron chi connectivity index (χ1n) is 6.19. The van der Waals surface area contributed by atoms with Crippen molar-refractivity contribution in [2.24, 2.45) is 0 Å². The Bertz CT molecular complexity index is 755. The van der Waals surface area contributed by atoms with Gasteiger partial charge in [0.15, 0.2) is 5.69 Å². The SMILES string of the molecule is FC(F)(F)c1ccnc(Oc2ccc(-n3ccnc3)cc2)n1. The van der Waals surface area contributed by atoms with Crippen LogP contribution in [0, 0.1) is 0 Å². The maximum Gasteiger partial charge on any atom is 0.433 e. The van der Waals surface area contributed by atoms with Gasteiger partial charge in [0, 0.05) is 24.3 Å². The Balaban J connectivity index is 1.79. The molecule has 0 bridgehead atoms. The van der Waals surface area contributed by atoms with Gasteiger partial charge < -0.3 is 9.30 Å². The topological polar surface area (TPSA) is 52.8 Å². The number of benzene rings is 1. The van der Waals surface area contributed by atoms with Crippen molar-refractivity contribution in [3.63, 3.8) is 0 Å². The number of rotatable bonds is 3. The fraction of sp³-hybridized carbons (Fsp3) is 0.0714. The van der Waals surface area contributed by atoms with Crippen LogP contribution in [0.1, 0.15) is 5.69 Å². The van der Waals surface area contributed by atoms with E-state index in [-0.39, 0.29) is 6.01 Å². The molecule has 0 radical (unpaired) electrons. The van der Waals surface area contributed by atoms with Crippen molar-refractivity contribution >= 4 is 0 Å². The van der Waals surface area contributed by atoms with Crippen LogP contribution in [0.2, 0.25) is 0 Å². The molecule has 0 saturated heterocycles. The number of nitrogens with zero attached hydrogens (tertiary/aromatic N) is 4. The van der Waals surface area contributed by atoms with Gasteiger partial charge in [0.1, 0.15) is 5.75 Å². The van der Waals surface area contributed by atoms with Gasteiger partial charge in [-0.15, -0.1) is 0 Å². The number of hydrogen-bond acceptors (Lipinski definition) is 4. The van der Waals surface area contributed by atoms with Crippen LogP contribution in [0.3, 0.4) is 0 Å². The molecule has 0 aliphatic heterocycles. The van der Waals surface area contributed by atoms with E-state index in [1.165, 1.54) is 0 Å². The molecule has 3 aromatic rings. The summed E-state index contributed by atoms with van der Waals surface area (Å²) in [6, 6.07) is 7.13. The fourth-order valence-corrected chi connectivity index (χ4v) is 1.75. The summed E-state index contributed by atoms with van der Waals surface area (Å²) >= 11 is 0. The molecular weight excluding hydrogens is 297 g/mol. The van der Waals surface area contributed by atoms with E-state index < -0.39 is 11.9 Å². The fourth-order valence-electron chi connectivity index (χ4n) is 1.75. The zero-order valence-electron chi connectivity index (χ0n) is 11.0. The quantitative estimate of drug-likeness (QED) is 0.743. The van der Waals surface area contributed by atoms with Crippen molar-refractivity contribution < 1.29 is 17.9 Å². The van der Waals surface area contributed by atoms with E-state index >= 15 is 0 Å². The van der Waals surface area contributed by atoms with Crippen LogP contribution in [0.15, 0.2) is 55.2 Å². The maximum atomic E-state index is 12.6. The van der Waals surface area contributed by atoms with Crippen molar-refractivity contribution in [3.8, 4) is 17.4 Å². The second-order valence-corrected chi connectivity index (χ2v) is 4.29. The van der Waals surface area contributed by atoms with Crippen molar-refractivity contribution in [2.75, 3.05) is 0 Å². The summed E-state index contributed by atoms with van der Waals surface area (Å²) in [4.78, 5) is 10.9. The van der Waals surface area contributed by atoms with Gasteiger partial charge in [0.2, 0.25) is 0 Å². The lowest BCUT2D eigenvalue weighted by molar-refractivity contribution is -0.141. The smallest absolute Gasteiger partial charge is 0.424 e. The van der Waals surface area contributed by atoms with Crippen LogP contribution in [0.25, 0.3) is 5.69 Å². The molecular formula is C14H9F3N4O. The van der Waals surface area contributed by atoms with Gasteiger partial charge in [-0.25, -0.2) is 9.97 Å². The van der Waals surface area contributed by atoms with Gasteiger partial charge in [-0.1, -0.05) is 0 Å². The predicted octanol–water partition coefficient (Wildman–Crippen LogP) is 3.47. The van der Waals surface area contributed by atoms with Crippen LogP contribution in [-0.2, 0) is 6.18 Å². The Labute approximate surface area is 123 Å². The Morgan fingerprint density at radius 2 is 1.77 bits per heavy atom. The normalized spacial score (nSPS) is 11.4.